The van der Waals surface area contributed by atoms with Gasteiger partial charge >= 0.3 is 0 Å². The molecular weight excluding hydrogens is 273 g/mol. The summed E-state index contributed by atoms with van der Waals surface area (Å²) in [5.41, 5.74) is 0. The Morgan fingerprint density at radius 3 is 0.667 bits per heavy atom. The summed E-state index contributed by atoms with van der Waals surface area (Å²) in [5, 5.41) is 0. The molecule has 124 valence electrons. The van der Waals surface area contributed by atoms with Crippen LogP contribution >= 0.6 is 25.7 Å². The minimum absolute atomic E-state index is 0. The predicted octanol–water partition coefficient (Wildman–Crippen LogP) is 7.51. The van der Waals surface area contributed by atoms with E-state index in [0.29, 0.717) is 0 Å². The topological polar surface area (TPSA) is 0 Å². The second-order valence-corrected chi connectivity index (χ2v) is 7.11. The van der Waals surface area contributed by atoms with E-state index in [9.17, 15) is 0 Å². The van der Waals surface area contributed by atoms with Crippen LogP contribution in [0.3, 0.4) is 0 Å². The molecular formula is C15H49P3. The molecule has 0 bridgehead atoms. The third kappa shape index (κ3) is 164. The summed E-state index contributed by atoms with van der Waals surface area (Å²) in [4.78, 5) is 0. The second kappa shape index (κ2) is 79.6. The summed E-state index contributed by atoms with van der Waals surface area (Å²) in [6.45, 7) is 13.3. The fourth-order valence-electron chi connectivity index (χ4n) is 0.250. The molecule has 0 N–H and O–H groups in total. The van der Waals surface area contributed by atoms with Crippen LogP contribution < -0.4 is 0 Å². The van der Waals surface area contributed by atoms with Crippen molar-refractivity contribution >= 4 is 25.7 Å². The molecule has 0 aliphatic heterocycles. The molecule has 0 aromatic heterocycles. The van der Waals surface area contributed by atoms with Crippen molar-refractivity contribution in [3.05, 3.63) is 0 Å². The third-order valence-corrected chi connectivity index (χ3v) is 3.62. The number of rotatable bonds is 4. The van der Waals surface area contributed by atoms with Gasteiger partial charge in [0.1, 0.15) is 0 Å². The molecule has 2 atom stereocenters. The first-order chi connectivity index (χ1) is 6.24. The lowest BCUT2D eigenvalue weighted by Crippen LogP contribution is -1.59. The summed E-state index contributed by atoms with van der Waals surface area (Å²) in [6.07, 6.45) is 5.44. The first kappa shape index (κ1) is 50.6. The Hall–Kier alpha value is 1.29. The van der Waals surface area contributed by atoms with Gasteiger partial charge in [-0.05, 0) is 38.0 Å². The highest BCUT2D eigenvalue weighted by Crippen LogP contribution is 2.03. The van der Waals surface area contributed by atoms with Crippen molar-refractivity contribution in [1.82, 2.24) is 0 Å². The van der Waals surface area contributed by atoms with Gasteiger partial charge in [-0.1, -0.05) is 64.8 Å². The molecule has 0 aromatic carbocycles. The Balaban J connectivity index is -0.0000000123. The van der Waals surface area contributed by atoms with E-state index in [-0.39, 0.29) is 37.1 Å². The Labute approximate surface area is 129 Å². The molecule has 0 saturated carbocycles. The van der Waals surface area contributed by atoms with E-state index in [1.807, 2.05) is 0 Å². The van der Waals surface area contributed by atoms with E-state index in [4.69, 9.17) is 0 Å². The van der Waals surface area contributed by atoms with Gasteiger partial charge in [0.15, 0.2) is 0 Å². The van der Waals surface area contributed by atoms with E-state index >= 15 is 0 Å². The molecule has 0 amide bonds. The van der Waals surface area contributed by atoms with E-state index < -0.39 is 0 Å². The standard InChI is InChI=1S/C4H11P.2C3H9P.5CH4/c1-3-5-4-2;2*1-3-4-2;;;;;/h5H,3-4H2,1-2H3;2*4H,3H2,1-2H3;5*1H4. The lowest BCUT2D eigenvalue weighted by atomic mass is 11.0. The highest BCUT2D eigenvalue weighted by Gasteiger charge is 1.66. The molecule has 0 fully saturated rings. The number of hydrogen-bond donors (Lipinski definition) is 0. The minimum Gasteiger partial charge on any atom is -0.126 e. The summed E-state index contributed by atoms with van der Waals surface area (Å²) in [7, 11) is 3.48. The minimum atomic E-state index is 0. The molecule has 0 nitrogen and oxygen atoms in total. The molecule has 0 rings (SSSR count). The zero-order valence-corrected chi connectivity index (χ0v) is 13.3. The van der Waals surface area contributed by atoms with Crippen molar-refractivity contribution in [3.63, 3.8) is 0 Å². The molecule has 0 spiro atoms. The molecule has 0 heterocycles. The van der Waals surface area contributed by atoms with Crippen LogP contribution in [0.1, 0.15) is 64.8 Å². The normalized spacial score (nSPS) is 7.00. The van der Waals surface area contributed by atoms with Gasteiger partial charge in [0.05, 0.1) is 0 Å². The average molecular weight is 322 g/mol. The zero-order valence-electron chi connectivity index (χ0n) is 10.3. The summed E-state index contributed by atoms with van der Waals surface area (Å²) >= 11 is 0. The van der Waals surface area contributed by atoms with E-state index in [2.05, 4.69) is 41.0 Å². The van der Waals surface area contributed by atoms with Crippen LogP contribution in [-0.2, 0) is 0 Å². The zero-order chi connectivity index (χ0) is 10.9. The van der Waals surface area contributed by atoms with Crippen LogP contribution in [0.25, 0.3) is 0 Å². The molecule has 0 aliphatic carbocycles. The molecule has 0 radical (unpaired) electrons. The van der Waals surface area contributed by atoms with Crippen LogP contribution in [0, 0.1) is 0 Å². The first-order valence-electron chi connectivity index (χ1n) is 5.24. The monoisotopic (exact) mass is 322 g/mol. The Morgan fingerprint density at radius 2 is 0.667 bits per heavy atom. The van der Waals surface area contributed by atoms with Gasteiger partial charge in [0.25, 0.3) is 0 Å². The quantitative estimate of drug-likeness (QED) is 0.470. The molecule has 0 saturated heterocycles. The smallest absolute Gasteiger partial charge is 0.0382 e. The Kier molecular flexibility index (Phi) is 224. The maximum absolute atomic E-state index is 2.22. The Morgan fingerprint density at radius 1 is 0.500 bits per heavy atom. The highest BCUT2D eigenvalue weighted by atomic mass is 31.1. The van der Waals surface area contributed by atoms with E-state index in [1.165, 1.54) is 33.2 Å². The van der Waals surface area contributed by atoms with Crippen molar-refractivity contribution in [2.75, 3.05) is 38.0 Å². The summed E-state index contributed by atoms with van der Waals surface area (Å²) < 4.78 is 0. The number of hydrogen-bond acceptors (Lipinski definition) is 0. The molecule has 0 aromatic rings. The van der Waals surface area contributed by atoms with Gasteiger partial charge in [-0.25, -0.2) is 0 Å². The lowest BCUT2D eigenvalue weighted by Gasteiger charge is -1.80. The van der Waals surface area contributed by atoms with Crippen LogP contribution in [-0.4, -0.2) is 38.0 Å². The maximum atomic E-state index is 2.22. The van der Waals surface area contributed by atoms with Gasteiger partial charge in [0, 0.05) is 0 Å². The predicted molar refractivity (Wildman–Crippen MR) is 113 cm³/mol. The largest absolute Gasteiger partial charge is 0.126 e. The summed E-state index contributed by atoms with van der Waals surface area (Å²) in [6, 6.07) is 0. The highest BCUT2D eigenvalue weighted by molar-refractivity contribution is 7.37. The fraction of sp³-hybridized carbons (Fsp3) is 1.00. The van der Waals surface area contributed by atoms with Crippen molar-refractivity contribution in [2.45, 2.75) is 64.8 Å². The van der Waals surface area contributed by atoms with Gasteiger partial charge in [-0.3, -0.25) is 0 Å². The van der Waals surface area contributed by atoms with Crippen LogP contribution in [0.2, 0.25) is 0 Å². The Bertz CT molecular complexity index is 41.0. The first-order valence-corrected chi connectivity index (χ1v) is 10.1. The van der Waals surface area contributed by atoms with Crippen molar-refractivity contribution in [1.29, 1.82) is 0 Å². The molecule has 3 heteroatoms. The van der Waals surface area contributed by atoms with Crippen LogP contribution in [0.4, 0.5) is 0 Å². The fourth-order valence-corrected chi connectivity index (χ4v) is 0.750. The van der Waals surface area contributed by atoms with Crippen molar-refractivity contribution < 1.29 is 0 Å². The van der Waals surface area contributed by atoms with E-state index in [0.717, 1.165) is 17.2 Å². The van der Waals surface area contributed by atoms with E-state index in [1.54, 1.807) is 0 Å². The molecule has 18 heavy (non-hydrogen) atoms. The average Bonchev–Trinajstić information content (AvgIpc) is 2.20. The van der Waals surface area contributed by atoms with Gasteiger partial charge in [-0.2, -0.15) is 0 Å². The summed E-state index contributed by atoms with van der Waals surface area (Å²) in [5.74, 6) is 0. The van der Waals surface area contributed by atoms with Gasteiger partial charge in [0.2, 0.25) is 0 Å². The van der Waals surface area contributed by atoms with Gasteiger partial charge in [-0.15, -0.1) is 25.7 Å². The van der Waals surface area contributed by atoms with Crippen molar-refractivity contribution in [2.24, 2.45) is 0 Å². The van der Waals surface area contributed by atoms with Crippen LogP contribution in [0.5, 0.6) is 0 Å². The third-order valence-electron chi connectivity index (χ3n) is 1.21. The molecule has 0 aliphatic rings. The SMILES string of the molecule is C.C.C.C.C.CCPC.CCPC.CCPCC. The molecule has 2 unspecified atom stereocenters. The second-order valence-electron chi connectivity index (χ2n) is 2.37. The maximum Gasteiger partial charge on any atom is -0.0382 e. The van der Waals surface area contributed by atoms with Crippen LogP contribution in [0.15, 0.2) is 0 Å². The van der Waals surface area contributed by atoms with Crippen molar-refractivity contribution in [3.8, 4) is 0 Å². The lowest BCUT2D eigenvalue weighted by molar-refractivity contribution is 1.44. The van der Waals surface area contributed by atoms with Gasteiger partial charge < -0.3 is 0 Å².